The van der Waals surface area contributed by atoms with E-state index in [9.17, 15) is 0 Å². The minimum Gasteiger partial charge on any atom is -0.349 e. The molecule has 4 nitrogen and oxygen atoms in total. The zero-order chi connectivity index (χ0) is 12.7. The lowest BCUT2D eigenvalue weighted by Crippen LogP contribution is -2.45. The second-order valence-electron chi connectivity index (χ2n) is 4.56. The van der Waals surface area contributed by atoms with Crippen molar-refractivity contribution >= 4 is 39.2 Å². The summed E-state index contributed by atoms with van der Waals surface area (Å²) in [4.78, 5) is 11.4. The Morgan fingerprint density at radius 2 is 2.28 bits per heavy atom. The molecule has 0 saturated carbocycles. The molecule has 1 saturated heterocycles. The number of hydrogen-bond acceptors (Lipinski definition) is 4. The number of aromatic nitrogens is 3. The number of halogens is 1. The Kier molecular flexibility index (Phi) is 3.23. The first kappa shape index (κ1) is 12.3. The van der Waals surface area contributed by atoms with Gasteiger partial charge in [0.05, 0.1) is 0 Å². The molecule has 0 spiro atoms. The molecule has 2 atom stereocenters. The maximum Gasteiger partial charge on any atom is 0.180 e. The van der Waals surface area contributed by atoms with Crippen LogP contribution < -0.4 is 4.90 Å². The average molecular weight is 327 g/mol. The van der Waals surface area contributed by atoms with Crippen molar-refractivity contribution in [3.63, 3.8) is 0 Å². The second kappa shape index (κ2) is 4.74. The van der Waals surface area contributed by atoms with E-state index in [4.69, 9.17) is 0 Å². The normalized spacial score (nSPS) is 24.7. The summed E-state index contributed by atoms with van der Waals surface area (Å²) in [6.07, 6.45) is 5.72. The highest BCUT2D eigenvalue weighted by molar-refractivity contribution is 9.10. The molecule has 0 aromatic carbocycles. The van der Waals surface area contributed by atoms with Gasteiger partial charge in [-0.15, -0.1) is 0 Å². The highest BCUT2D eigenvalue weighted by Crippen LogP contribution is 2.30. The van der Waals surface area contributed by atoms with Crippen LogP contribution in [0.3, 0.4) is 0 Å². The van der Waals surface area contributed by atoms with Gasteiger partial charge in [-0.2, -0.15) is 11.8 Å². The van der Waals surface area contributed by atoms with E-state index in [0.29, 0.717) is 11.3 Å². The van der Waals surface area contributed by atoms with Gasteiger partial charge in [0.1, 0.15) is 4.60 Å². The molecule has 2 unspecified atom stereocenters. The van der Waals surface area contributed by atoms with Crippen molar-refractivity contribution in [3.8, 4) is 0 Å². The number of fused-ring (bicyclic) bond motifs is 1. The van der Waals surface area contributed by atoms with E-state index in [1.54, 1.807) is 0 Å². The Bertz CT molecular complexity index is 570. The van der Waals surface area contributed by atoms with E-state index in [1.165, 1.54) is 0 Å². The fraction of sp³-hybridized carbons (Fsp3) is 0.500. The summed E-state index contributed by atoms with van der Waals surface area (Å²) in [7, 11) is 0. The number of thioether (sulfide) groups is 1. The Balaban J connectivity index is 2.10. The van der Waals surface area contributed by atoms with Crippen LogP contribution in [0.5, 0.6) is 0 Å². The van der Waals surface area contributed by atoms with Crippen LogP contribution in [0, 0.1) is 0 Å². The second-order valence-corrected chi connectivity index (χ2v) is 6.85. The van der Waals surface area contributed by atoms with Gasteiger partial charge in [-0.1, -0.05) is 6.92 Å². The first-order valence-corrected chi connectivity index (χ1v) is 7.88. The molecule has 18 heavy (non-hydrogen) atoms. The zero-order valence-electron chi connectivity index (χ0n) is 10.4. The van der Waals surface area contributed by atoms with E-state index < -0.39 is 0 Å². The lowest BCUT2D eigenvalue weighted by atomic mass is 10.2. The Hall–Kier alpha value is -0.750. The standard InChI is InChI=1S/C12H15BrN4S/c1-8-9(2)18-6-5-17(8)12-11-14-3-4-16(11)7-10(13)15-12/h3-4,7-9H,5-6H2,1-2H3. The fourth-order valence-corrected chi connectivity index (χ4v) is 3.80. The monoisotopic (exact) mass is 326 g/mol. The van der Waals surface area contributed by atoms with E-state index in [0.717, 1.165) is 28.4 Å². The third-order valence-electron chi connectivity index (χ3n) is 3.48. The van der Waals surface area contributed by atoms with Gasteiger partial charge in [-0.05, 0) is 22.9 Å². The van der Waals surface area contributed by atoms with Gasteiger partial charge in [0, 0.05) is 42.2 Å². The quantitative estimate of drug-likeness (QED) is 0.806. The molecule has 0 aliphatic carbocycles. The number of hydrogen-bond donors (Lipinski definition) is 0. The Labute approximate surface area is 119 Å². The highest BCUT2D eigenvalue weighted by Gasteiger charge is 2.28. The average Bonchev–Trinajstić information content (AvgIpc) is 2.79. The van der Waals surface area contributed by atoms with Crippen LogP contribution in [0.25, 0.3) is 5.65 Å². The molecule has 0 bridgehead atoms. The largest absolute Gasteiger partial charge is 0.349 e. The van der Waals surface area contributed by atoms with Crippen LogP contribution in [0.1, 0.15) is 13.8 Å². The molecule has 3 heterocycles. The molecule has 0 radical (unpaired) electrons. The first-order valence-electron chi connectivity index (χ1n) is 6.04. The van der Waals surface area contributed by atoms with Crippen molar-refractivity contribution in [1.29, 1.82) is 0 Å². The van der Waals surface area contributed by atoms with Crippen molar-refractivity contribution in [3.05, 3.63) is 23.2 Å². The molecule has 0 N–H and O–H groups in total. The van der Waals surface area contributed by atoms with Crippen LogP contribution in [0.2, 0.25) is 0 Å². The van der Waals surface area contributed by atoms with E-state index in [2.05, 4.69) is 44.6 Å². The molecule has 96 valence electrons. The smallest absolute Gasteiger partial charge is 0.180 e. The number of imidazole rings is 1. The molecule has 2 aromatic rings. The van der Waals surface area contributed by atoms with Crippen molar-refractivity contribution in [2.75, 3.05) is 17.2 Å². The van der Waals surface area contributed by atoms with Crippen LogP contribution in [0.15, 0.2) is 23.2 Å². The molecule has 0 amide bonds. The van der Waals surface area contributed by atoms with Gasteiger partial charge < -0.3 is 9.30 Å². The lowest BCUT2D eigenvalue weighted by molar-refractivity contribution is 0.620. The predicted molar refractivity (Wildman–Crippen MR) is 79.4 cm³/mol. The van der Waals surface area contributed by atoms with Crippen molar-refractivity contribution < 1.29 is 0 Å². The van der Waals surface area contributed by atoms with Crippen LogP contribution in [-0.2, 0) is 0 Å². The van der Waals surface area contributed by atoms with Crippen LogP contribution >= 0.6 is 27.7 Å². The summed E-state index contributed by atoms with van der Waals surface area (Å²) in [5, 5.41) is 0.620. The SMILES string of the molecule is CC1SCCN(c2nc(Br)cn3ccnc23)C1C. The molecule has 6 heteroatoms. The summed E-state index contributed by atoms with van der Waals surface area (Å²) in [5.74, 6) is 2.13. The van der Waals surface area contributed by atoms with E-state index in [-0.39, 0.29) is 0 Å². The number of anilines is 1. The number of nitrogens with zero attached hydrogens (tertiary/aromatic N) is 4. The minimum absolute atomic E-state index is 0.478. The summed E-state index contributed by atoms with van der Waals surface area (Å²) < 4.78 is 2.87. The lowest BCUT2D eigenvalue weighted by Gasteiger charge is -2.38. The predicted octanol–water partition coefficient (Wildman–Crippen LogP) is 2.82. The van der Waals surface area contributed by atoms with Gasteiger partial charge in [-0.25, -0.2) is 9.97 Å². The highest BCUT2D eigenvalue weighted by atomic mass is 79.9. The van der Waals surface area contributed by atoms with Crippen molar-refractivity contribution in [1.82, 2.24) is 14.4 Å². The zero-order valence-corrected chi connectivity index (χ0v) is 12.8. The molecule has 1 fully saturated rings. The molecule has 3 rings (SSSR count). The molecular weight excluding hydrogens is 312 g/mol. The van der Waals surface area contributed by atoms with E-state index >= 15 is 0 Å². The number of rotatable bonds is 1. The van der Waals surface area contributed by atoms with Crippen LogP contribution in [-0.4, -0.2) is 38.0 Å². The first-order chi connectivity index (χ1) is 8.66. The fourth-order valence-electron chi connectivity index (χ4n) is 2.31. The summed E-state index contributed by atoms with van der Waals surface area (Å²) in [5.41, 5.74) is 0.934. The van der Waals surface area contributed by atoms with E-state index in [1.807, 2.05) is 34.8 Å². The summed E-state index contributed by atoms with van der Waals surface area (Å²) in [6, 6.07) is 0.478. The third kappa shape index (κ3) is 2.01. The summed E-state index contributed by atoms with van der Waals surface area (Å²) in [6.45, 7) is 5.57. The topological polar surface area (TPSA) is 33.4 Å². The maximum atomic E-state index is 4.63. The molecule has 1 aliphatic rings. The van der Waals surface area contributed by atoms with Gasteiger partial charge in [-0.3, -0.25) is 0 Å². The van der Waals surface area contributed by atoms with Gasteiger partial charge in [0.25, 0.3) is 0 Å². The third-order valence-corrected chi connectivity index (χ3v) is 5.20. The molecule has 1 aliphatic heterocycles. The van der Waals surface area contributed by atoms with Crippen molar-refractivity contribution in [2.45, 2.75) is 25.1 Å². The molecule has 2 aromatic heterocycles. The summed E-state index contributed by atoms with van der Waals surface area (Å²) >= 11 is 5.51. The van der Waals surface area contributed by atoms with Gasteiger partial charge >= 0.3 is 0 Å². The van der Waals surface area contributed by atoms with Gasteiger partial charge in [0.15, 0.2) is 11.5 Å². The maximum absolute atomic E-state index is 4.63. The molecular formula is C12H15BrN4S. The Morgan fingerprint density at radius 1 is 1.44 bits per heavy atom. The van der Waals surface area contributed by atoms with Crippen molar-refractivity contribution in [2.24, 2.45) is 0 Å². The van der Waals surface area contributed by atoms with Crippen LogP contribution in [0.4, 0.5) is 5.82 Å². The minimum atomic E-state index is 0.478. The van der Waals surface area contributed by atoms with Gasteiger partial charge in [0.2, 0.25) is 0 Å². The Morgan fingerprint density at radius 3 is 3.11 bits per heavy atom.